The fourth-order valence-electron chi connectivity index (χ4n) is 2.16. The number of ether oxygens (including phenoxy) is 2. The maximum atomic E-state index is 12.8. The van der Waals surface area contributed by atoms with Crippen LogP contribution in [-0.2, 0) is 25.7 Å². The Bertz CT molecular complexity index is 702. The lowest BCUT2D eigenvalue weighted by Gasteiger charge is -2.28. The van der Waals surface area contributed by atoms with E-state index in [1.807, 2.05) is 0 Å². The van der Waals surface area contributed by atoms with E-state index >= 15 is 0 Å². The fourth-order valence-corrected chi connectivity index (χ4v) is 2.16. The molecule has 0 aromatic heterocycles. The van der Waals surface area contributed by atoms with Crippen molar-refractivity contribution in [3.8, 4) is 0 Å². The van der Waals surface area contributed by atoms with Gasteiger partial charge in [0.15, 0.2) is 0 Å². The van der Waals surface area contributed by atoms with Crippen LogP contribution >= 0.6 is 0 Å². The molecule has 0 fully saturated rings. The summed E-state index contributed by atoms with van der Waals surface area (Å²) in [5.41, 5.74) is 1.55. The molecule has 2 amide bonds. The zero-order valence-electron chi connectivity index (χ0n) is 16.7. The molecule has 0 saturated heterocycles. The van der Waals surface area contributed by atoms with Crippen LogP contribution in [0.15, 0.2) is 30.3 Å². The molecule has 0 bridgehead atoms. The van der Waals surface area contributed by atoms with Crippen molar-refractivity contribution in [2.45, 2.75) is 52.5 Å². The van der Waals surface area contributed by atoms with Gasteiger partial charge in [0, 0.05) is 5.92 Å². The summed E-state index contributed by atoms with van der Waals surface area (Å²) < 4.78 is 48.3. The summed E-state index contributed by atoms with van der Waals surface area (Å²) in [5.74, 6) is -3.00. The summed E-state index contributed by atoms with van der Waals surface area (Å²) in [5, 5.41) is 0.100. The molecule has 1 atom stereocenters. The summed E-state index contributed by atoms with van der Waals surface area (Å²) in [6.07, 6.45) is -6.43. The molecule has 0 spiro atoms. The molecule has 1 N–H and O–H groups in total. The number of carbonyl (C=O) groups excluding carboxylic acids is 3. The number of benzene rings is 1. The van der Waals surface area contributed by atoms with Crippen LogP contribution < -0.4 is 5.43 Å². The Kier molecular flexibility index (Phi) is 8.47. The summed E-state index contributed by atoms with van der Waals surface area (Å²) >= 11 is 0. The molecule has 10 heteroatoms. The van der Waals surface area contributed by atoms with Crippen LogP contribution in [0.4, 0.5) is 18.0 Å². The maximum Gasteiger partial charge on any atom is 0.426 e. The number of nitrogens with zero attached hydrogens (tertiary/aromatic N) is 1. The van der Waals surface area contributed by atoms with Crippen LogP contribution in [-0.4, -0.2) is 41.3 Å². The second-order valence-electron chi connectivity index (χ2n) is 7.40. The van der Waals surface area contributed by atoms with Crippen molar-refractivity contribution >= 4 is 18.0 Å². The van der Waals surface area contributed by atoms with Crippen molar-refractivity contribution in [1.29, 1.82) is 0 Å². The van der Waals surface area contributed by atoms with Gasteiger partial charge < -0.3 is 9.47 Å². The molecule has 0 heterocycles. The molecule has 1 aromatic carbocycles. The van der Waals surface area contributed by atoms with E-state index in [-0.39, 0.29) is 11.6 Å². The predicted molar refractivity (Wildman–Crippen MR) is 97.2 cm³/mol. The zero-order valence-corrected chi connectivity index (χ0v) is 16.7. The highest BCUT2D eigenvalue weighted by Gasteiger charge is 2.36. The first-order chi connectivity index (χ1) is 13.3. The largest absolute Gasteiger partial charge is 0.461 e. The number of hydrazine groups is 1. The molecule has 0 aliphatic rings. The smallest absolute Gasteiger partial charge is 0.426 e. The second kappa shape index (κ2) is 10.1. The number of hydrogen-bond donors (Lipinski definition) is 1. The summed E-state index contributed by atoms with van der Waals surface area (Å²) in [4.78, 5) is 36.1. The molecule has 7 nitrogen and oxygen atoms in total. The molecule has 0 saturated carbocycles. The van der Waals surface area contributed by atoms with Gasteiger partial charge in [0.05, 0.1) is 6.42 Å². The van der Waals surface area contributed by atoms with E-state index in [1.54, 1.807) is 35.8 Å². The molecule has 0 aliphatic carbocycles. The van der Waals surface area contributed by atoms with Gasteiger partial charge in [0.25, 0.3) is 0 Å². The van der Waals surface area contributed by atoms with Crippen molar-refractivity contribution in [3.63, 3.8) is 0 Å². The molecular weight excluding hydrogens is 393 g/mol. The SMILES string of the molecule is C[C@@H](CC(=O)OCc1ccccc1)C(=O)N(CC(F)(F)F)NC(=O)OC(C)(C)C. The number of amides is 2. The van der Waals surface area contributed by atoms with E-state index in [9.17, 15) is 27.6 Å². The van der Waals surface area contributed by atoms with E-state index in [4.69, 9.17) is 9.47 Å². The van der Waals surface area contributed by atoms with Crippen molar-refractivity contribution in [2.24, 2.45) is 5.92 Å². The van der Waals surface area contributed by atoms with Crippen LogP contribution in [0.1, 0.15) is 39.7 Å². The Morgan fingerprint density at radius 2 is 1.69 bits per heavy atom. The lowest BCUT2D eigenvalue weighted by Crippen LogP contribution is -2.53. The number of rotatable bonds is 6. The van der Waals surface area contributed by atoms with Crippen molar-refractivity contribution in [3.05, 3.63) is 35.9 Å². The molecule has 162 valence electrons. The lowest BCUT2D eigenvalue weighted by atomic mass is 10.1. The summed E-state index contributed by atoms with van der Waals surface area (Å²) in [7, 11) is 0. The lowest BCUT2D eigenvalue weighted by molar-refractivity contribution is -0.170. The standard InChI is InChI=1S/C19H25F3N2O5/c1-13(10-15(25)28-11-14-8-6-5-7-9-14)16(26)24(12-19(20,21)22)23-17(27)29-18(2,3)4/h5-9,13H,10-12H2,1-4H3,(H,23,27)/t13-/m0/s1. The van der Waals surface area contributed by atoms with Crippen molar-refractivity contribution < 1.29 is 37.0 Å². The summed E-state index contributed by atoms with van der Waals surface area (Å²) in [6, 6.07) is 8.77. The van der Waals surface area contributed by atoms with Gasteiger partial charge in [0.2, 0.25) is 5.91 Å². The van der Waals surface area contributed by atoms with E-state index < -0.39 is 48.6 Å². The average Bonchev–Trinajstić information content (AvgIpc) is 2.56. The Morgan fingerprint density at radius 3 is 2.21 bits per heavy atom. The number of nitrogens with one attached hydrogen (secondary N) is 1. The van der Waals surface area contributed by atoms with Crippen LogP contribution in [0, 0.1) is 5.92 Å². The minimum Gasteiger partial charge on any atom is -0.461 e. The van der Waals surface area contributed by atoms with Crippen LogP contribution in [0.2, 0.25) is 0 Å². The Morgan fingerprint density at radius 1 is 1.10 bits per heavy atom. The van der Waals surface area contributed by atoms with Crippen LogP contribution in [0.5, 0.6) is 0 Å². The van der Waals surface area contributed by atoms with Crippen LogP contribution in [0.25, 0.3) is 0 Å². The predicted octanol–water partition coefficient (Wildman–Crippen LogP) is 3.59. The third-order valence-corrected chi connectivity index (χ3v) is 3.37. The van der Waals surface area contributed by atoms with Crippen molar-refractivity contribution in [1.82, 2.24) is 10.4 Å². The number of alkyl halides is 3. The van der Waals surface area contributed by atoms with E-state index in [2.05, 4.69) is 0 Å². The molecular formula is C19H25F3N2O5. The number of carbonyl (C=O) groups is 3. The zero-order chi connectivity index (χ0) is 22.2. The van der Waals surface area contributed by atoms with Gasteiger partial charge in [-0.1, -0.05) is 37.3 Å². The topological polar surface area (TPSA) is 84.9 Å². The molecule has 1 rings (SSSR count). The first-order valence-corrected chi connectivity index (χ1v) is 8.84. The highest BCUT2D eigenvalue weighted by Crippen LogP contribution is 2.18. The quantitative estimate of drug-likeness (QED) is 0.564. The minimum absolute atomic E-state index is 0.0248. The normalized spacial score (nSPS) is 12.7. The molecule has 0 radical (unpaired) electrons. The molecule has 29 heavy (non-hydrogen) atoms. The third kappa shape index (κ3) is 10.4. The molecule has 1 aromatic rings. The molecule has 0 aliphatic heterocycles. The van der Waals surface area contributed by atoms with E-state index in [0.29, 0.717) is 0 Å². The minimum atomic E-state index is -4.77. The Hall–Kier alpha value is -2.78. The first-order valence-electron chi connectivity index (χ1n) is 8.84. The Balaban J connectivity index is 2.70. The monoisotopic (exact) mass is 418 g/mol. The highest BCUT2D eigenvalue weighted by atomic mass is 19.4. The maximum absolute atomic E-state index is 12.8. The van der Waals surface area contributed by atoms with Crippen molar-refractivity contribution in [2.75, 3.05) is 6.54 Å². The third-order valence-electron chi connectivity index (χ3n) is 3.37. The van der Waals surface area contributed by atoms with Crippen LogP contribution in [0.3, 0.4) is 0 Å². The van der Waals surface area contributed by atoms with E-state index in [1.165, 1.54) is 27.7 Å². The summed E-state index contributed by atoms with van der Waals surface area (Å²) in [6.45, 7) is 4.08. The van der Waals surface area contributed by atoms with Gasteiger partial charge in [-0.3, -0.25) is 9.59 Å². The number of halogens is 3. The average molecular weight is 418 g/mol. The van der Waals surface area contributed by atoms with Gasteiger partial charge in [-0.25, -0.2) is 15.2 Å². The highest BCUT2D eigenvalue weighted by molar-refractivity contribution is 5.85. The first kappa shape index (κ1) is 24.3. The van der Waals surface area contributed by atoms with E-state index in [0.717, 1.165) is 5.56 Å². The number of hydrogen-bond acceptors (Lipinski definition) is 5. The second-order valence-corrected chi connectivity index (χ2v) is 7.40. The van der Waals surface area contributed by atoms with Gasteiger partial charge in [-0.2, -0.15) is 13.2 Å². The van der Waals surface area contributed by atoms with Gasteiger partial charge in [-0.05, 0) is 26.3 Å². The fraction of sp³-hybridized carbons (Fsp3) is 0.526. The number of esters is 1. The van der Waals surface area contributed by atoms with Gasteiger partial charge in [-0.15, -0.1) is 0 Å². The Labute approximate surface area is 167 Å². The van der Waals surface area contributed by atoms with Gasteiger partial charge >= 0.3 is 18.2 Å². The van der Waals surface area contributed by atoms with Gasteiger partial charge in [0.1, 0.15) is 18.8 Å². The molecule has 0 unspecified atom stereocenters.